The summed E-state index contributed by atoms with van der Waals surface area (Å²) in [4.78, 5) is 4.04. The van der Waals surface area contributed by atoms with E-state index in [0.29, 0.717) is 40.3 Å². The molecule has 2 heterocycles. The van der Waals surface area contributed by atoms with E-state index in [1.165, 1.54) is 5.56 Å². The number of halogens is 1. The van der Waals surface area contributed by atoms with E-state index in [9.17, 15) is 0 Å². The smallest absolute Gasteiger partial charge is 0.214 e. The van der Waals surface area contributed by atoms with E-state index in [-0.39, 0.29) is 0 Å². The van der Waals surface area contributed by atoms with E-state index in [0.717, 1.165) is 16.7 Å². The predicted octanol–water partition coefficient (Wildman–Crippen LogP) is 5.30. The molecule has 0 aliphatic rings. The average Bonchev–Trinajstić information content (AvgIpc) is 3.18. The van der Waals surface area contributed by atoms with Gasteiger partial charge in [0.25, 0.3) is 0 Å². The number of hydrogen-bond acceptors (Lipinski definition) is 6. The number of benzene rings is 2. The van der Waals surface area contributed by atoms with Crippen LogP contribution in [0.25, 0.3) is 11.4 Å². The van der Waals surface area contributed by atoms with Crippen LogP contribution in [0.2, 0.25) is 5.02 Å². The monoisotopic (exact) mass is 467 g/mol. The predicted molar refractivity (Wildman–Crippen MR) is 127 cm³/mol. The Morgan fingerprint density at radius 3 is 2.69 bits per heavy atom. The number of H-pyrrole nitrogens is 1. The van der Waals surface area contributed by atoms with Crippen molar-refractivity contribution in [3.8, 4) is 22.9 Å². The van der Waals surface area contributed by atoms with Crippen molar-refractivity contribution < 1.29 is 9.47 Å². The molecule has 4 aromatic rings. The summed E-state index contributed by atoms with van der Waals surface area (Å²) in [5.74, 6) is 1.84. The maximum absolute atomic E-state index is 6.56. The summed E-state index contributed by atoms with van der Waals surface area (Å²) in [5.41, 5.74) is 7.23. The van der Waals surface area contributed by atoms with Gasteiger partial charge >= 0.3 is 0 Å². The Labute approximate surface area is 196 Å². The summed E-state index contributed by atoms with van der Waals surface area (Å²) in [6, 6.07) is 15.5. The fraction of sp³-hybridized carbons (Fsp3) is 0.174. The van der Waals surface area contributed by atoms with E-state index in [4.69, 9.17) is 33.3 Å². The molecule has 0 unspecified atom stereocenters. The lowest BCUT2D eigenvalue weighted by molar-refractivity contribution is 0.284. The SMILES string of the molecule is COc1cc(CNn2c(-c3ccncc3)n[nH]c2=S)c(Cl)cc1OCc1cccc(C)c1. The first-order chi connectivity index (χ1) is 15.5. The van der Waals surface area contributed by atoms with Crippen molar-refractivity contribution in [2.45, 2.75) is 20.1 Å². The zero-order valence-electron chi connectivity index (χ0n) is 17.6. The molecule has 0 spiro atoms. The van der Waals surface area contributed by atoms with Gasteiger partial charge in [-0.25, -0.2) is 9.77 Å². The Bertz CT molecular complexity index is 1270. The van der Waals surface area contributed by atoms with Crippen LogP contribution in [0.3, 0.4) is 0 Å². The molecule has 9 heteroatoms. The largest absolute Gasteiger partial charge is 0.493 e. The van der Waals surface area contributed by atoms with Crippen LogP contribution in [-0.2, 0) is 13.2 Å². The van der Waals surface area contributed by atoms with Gasteiger partial charge in [-0.3, -0.25) is 4.98 Å². The average molecular weight is 468 g/mol. The number of aromatic amines is 1. The second kappa shape index (κ2) is 9.84. The molecule has 2 N–H and O–H groups in total. The molecule has 0 saturated heterocycles. The highest BCUT2D eigenvalue weighted by molar-refractivity contribution is 7.71. The maximum atomic E-state index is 6.56. The highest BCUT2D eigenvalue weighted by atomic mass is 35.5. The second-order valence-electron chi connectivity index (χ2n) is 7.13. The molecule has 7 nitrogen and oxygen atoms in total. The number of nitrogens with one attached hydrogen (secondary N) is 2. The third-order valence-corrected chi connectivity index (χ3v) is 5.47. The zero-order valence-corrected chi connectivity index (χ0v) is 19.2. The number of hydrogen-bond donors (Lipinski definition) is 2. The number of ether oxygens (including phenoxy) is 2. The summed E-state index contributed by atoms with van der Waals surface area (Å²) in [7, 11) is 1.60. The third kappa shape index (κ3) is 4.92. The van der Waals surface area contributed by atoms with Crippen molar-refractivity contribution in [3.63, 3.8) is 0 Å². The van der Waals surface area contributed by atoms with Crippen LogP contribution in [0.5, 0.6) is 11.5 Å². The normalized spacial score (nSPS) is 10.7. The van der Waals surface area contributed by atoms with Crippen LogP contribution in [0.15, 0.2) is 60.9 Å². The van der Waals surface area contributed by atoms with Crippen LogP contribution in [0, 0.1) is 11.7 Å². The van der Waals surface area contributed by atoms with Gasteiger partial charge in [0.05, 0.1) is 13.7 Å². The summed E-state index contributed by atoms with van der Waals surface area (Å²) in [5, 5.41) is 7.67. The van der Waals surface area contributed by atoms with Crippen LogP contribution in [-0.4, -0.2) is 27.0 Å². The lowest BCUT2D eigenvalue weighted by Crippen LogP contribution is -2.16. The lowest BCUT2D eigenvalue weighted by Gasteiger charge is -2.15. The Morgan fingerprint density at radius 2 is 1.94 bits per heavy atom. The number of pyridine rings is 1. The maximum Gasteiger partial charge on any atom is 0.214 e. The van der Waals surface area contributed by atoms with Crippen molar-refractivity contribution in [1.82, 2.24) is 19.9 Å². The van der Waals surface area contributed by atoms with Gasteiger partial charge in [-0.05, 0) is 48.5 Å². The molecular weight excluding hydrogens is 446 g/mol. The fourth-order valence-corrected chi connectivity index (χ4v) is 3.67. The van der Waals surface area contributed by atoms with Crippen molar-refractivity contribution in [2.75, 3.05) is 12.5 Å². The topological polar surface area (TPSA) is 77.0 Å². The van der Waals surface area contributed by atoms with Crippen LogP contribution in [0.4, 0.5) is 0 Å². The molecule has 2 aromatic heterocycles. The van der Waals surface area contributed by atoms with E-state index in [1.54, 1.807) is 30.2 Å². The number of aromatic nitrogens is 4. The summed E-state index contributed by atoms with van der Waals surface area (Å²) in [6.07, 6.45) is 3.41. The third-order valence-electron chi connectivity index (χ3n) is 4.85. The van der Waals surface area contributed by atoms with Crippen molar-refractivity contribution in [2.24, 2.45) is 0 Å². The van der Waals surface area contributed by atoms with Crippen molar-refractivity contribution >= 4 is 23.8 Å². The van der Waals surface area contributed by atoms with Gasteiger partial charge in [-0.1, -0.05) is 41.4 Å². The van der Waals surface area contributed by atoms with Gasteiger partial charge < -0.3 is 14.9 Å². The summed E-state index contributed by atoms with van der Waals surface area (Å²) in [6.45, 7) is 2.87. The standard InChI is InChI=1S/C23H22ClN5O2S/c1-15-4-3-5-16(10-15)14-31-21-12-19(24)18(11-20(21)30-2)13-26-29-22(27-28-23(29)32)17-6-8-25-9-7-17/h3-12,26H,13-14H2,1-2H3,(H,28,32). The fourth-order valence-electron chi connectivity index (χ4n) is 3.25. The first-order valence-electron chi connectivity index (χ1n) is 9.91. The first-order valence-corrected chi connectivity index (χ1v) is 10.7. The zero-order chi connectivity index (χ0) is 22.5. The molecule has 0 bridgehead atoms. The quantitative estimate of drug-likeness (QED) is 0.342. The number of rotatable bonds is 8. The molecule has 0 amide bonds. The van der Waals surface area contributed by atoms with Gasteiger partial charge in [0.15, 0.2) is 17.3 Å². The minimum absolute atomic E-state index is 0.402. The minimum Gasteiger partial charge on any atom is -0.493 e. The van der Waals surface area contributed by atoms with E-state index >= 15 is 0 Å². The highest BCUT2D eigenvalue weighted by Gasteiger charge is 2.13. The van der Waals surface area contributed by atoms with Gasteiger partial charge in [0, 0.05) is 29.0 Å². The highest BCUT2D eigenvalue weighted by Crippen LogP contribution is 2.34. The Morgan fingerprint density at radius 1 is 1.12 bits per heavy atom. The van der Waals surface area contributed by atoms with Crippen LogP contribution >= 0.6 is 23.8 Å². The summed E-state index contributed by atoms with van der Waals surface area (Å²) < 4.78 is 13.7. The molecule has 0 fully saturated rings. The molecule has 2 aromatic carbocycles. The molecule has 0 aliphatic carbocycles. The van der Waals surface area contributed by atoms with Crippen LogP contribution < -0.4 is 14.9 Å². The van der Waals surface area contributed by atoms with E-state index < -0.39 is 0 Å². The van der Waals surface area contributed by atoms with Gasteiger partial charge in [0.2, 0.25) is 4.77 Å². The Hall–Kier alpha value is -3.36. The molecule has 0 atom stereocenters. The molecule has 0 radical (unpaired) electrons. The number of aryl methyl sites for hydroxylation is 1. The Kier molecular flexibility index (Phi) is 6.72. The molecule has 32 heavy (non-hydrogen) atoms. The number of methoxy groups -OCH3 is 1. The van der Waals surface area contributed by atoms with Gasteiger partial charge in [0.1, 0.15) is 6.61 Å². The Balaban J connectivity index is 1.52. The van der Waals surface area contributed by atoms with E-state index in [2.05, 4.69) is 39.7 Å². The van der Waals surface area contributed by atoms with E-state index in [1.807, 2.05) is 30.3 Å². The van der Waals surface area contributed by atoms with Gasteiger partial charge in [-0.15, -0.1) is 0 Å². The van der Waals surface area contributed by atoms with Crippen molar-refractivity contribution in [1.29, 1.82) is 0 Å². The molecule has 0 saturated carbocycles. The molecular formula is C23H22ClN5O2S. The summed E-state index contributed by atoms with van der Waals surface area (Å²) >= 11 is 11.9. The first kappa shape index (κ1) is 21.9. The molecule has 4 rings (SSSR count). The van der Waals surface area contributed by atoms with Gasteiger partial charge in [-0.2, -0.15) is 5.10 Å². The van der Waals surface area contributed by atoms with Crippen LogP contribution in [0.1, 0.15) is 16.7 Å². The lowest BCUT2D eigenvalue weighted by atomic mass is 10.1. The molecule has 164 valence electrons. The van der Waals surface area contributed by atoms with Crippen molar-refractivity contribution in [3.05, 3.63) is 87.4 Å². The minimum atomic E-state index is 0.402. The second-order valence-corrected chi connectivity index (χ2v) is 7.92. The number of nitrogens with zero attached hydrogens (tertiary/aromatic N) is 3. The molecule has 0 aliphatic heterocycles.